The lowest BCUT2D eigenvalue weighted by Crippen LogP contribution is -2.35. The fourth-order valence-electron chi connectivity index (χ4n) is 3.73. The summed E-state index contributed by atoms with van der Waals surface area (Å²) >= 11 is 0. The molecule has 0 aromatic heterocycles. The van der Waals surface area contributed by atoms with Crippen molar-refractivity contribution in [1.82, 2.24) is 5.32 Å². The minimum Gasteiger partial charge on any atom is -0.383 e. The Kier molecular flexibility index (Phi) is 4.67. The molecule has 1 heterocycles. The van der Waals surface area contributed by atoms with E-state index in [9.17, 15) is 18.0 Å². The van der Waals surface area contributed by atoms with Gasteiger partial charge < -0.3 is 15.0 Å². The third-order valence-electron chi connectivity index (χ3n) is 5.42. The van der Waals surface area contributed by atoms with Crippen LogP contribution in [0, 0.1) is 0 Å². The molecule has 148 valence electrons. The van der Waals surface area contributed by atoms with E-state index >= 15 is 0 Å². The number of hydrogen-bond acceptors (Lipinski definition) is 3. The number of anilines is 1. The highest BCUT2D eigenvalue weighted by Crippen LogP contribution is 2.40. The van der Waals surface area contributed by atoms with Gasteiger partial charge in [-0.1, -0.05) is 18.2 Å². The fourth-order valence-corrected chi connectivity index (χ4v) is 3.73. The Morgan fingerprint density at radius 1 is 1.18 bits per heavy atom. The van der Waals surface area contributed by atoms with Crippen molar-refractivity contribution in [3.05, 3.63) is 64.7 Å². The first-order valence-electron chi connectivity index (χ1n) is 9.17. The van der Waals surface area contributed by atoms with Gasteiger partial charge in [0.25, 0.3) is 5.91 Å². The number of carbonyl (C=O) groups excluding carboxylic acids is 1. The average molecular weight is 390 g/mol. The molecule has 2 aliphatic rings. The summed E-state index contributed by atoms with van der Waals surface area (Å²) < 4.78 is 46.3. The number of para-hydroxylation sites is 1. The third kappa shape index (κ3) is 3.52. The Morgan fingerprint density at radius 2 is 1.89 bits per heavy atom. The van der Waals surface area contributed by atoms with Crippen molar-refractivity contribution >= 4 is 11.6 Å². The second-order valence-electron chi connectivity index (χ2n) is 7.46. The zero-order chi connectivity index (χ0) is 19.9. The number of nitrogens with one attached hydrogen (secondary N) is 1. The number of alkyl halides is 3. The van der Waals surface area contributed by atoms with Gasteiger partial charge in [-0.05, 0) is 48.2 Å². The molecule has 7 heteroatoms. The van der Waals surface area contributed by atoms with Gasteiger partial charge in [0.2, 0.25) is 0 Å². The van der Waals surface area contributed by atoms with Crippen molar-refractivity contribution in [1.29, 1.82) is 0 Å². The average Bonchev–Trinajstić information content (AvgIpc) is 3.36. The maximum atomic E-state index is 13.7. The van der Waals surface area contributed by atoms with E-state index in [1.807, 2.05) is 0 Å². The predicted molar refractivity (Wildman–Crippen MR) is 99.1 cm³/mol. The highest BCUT2D eigenvalue weighted by molar-refractivity contribution is 6.10. The van der Waals surface area contributed by atoms with Gasteiger partial charge in [0.1, 0.15) is 0 Å². The SMILES string of the molecule is COCC1(NCc2cc3c(c(C(F)(F)F)c2)CN(c2ccccc2)C3=O)CC1. The molecule has 28 heavy (non-hydrogen) atoms. The molecule has 1 aliphatic carbocycles. The Morgan fingerprint density at radius 3 is 2.50 bits per heavy atom. The molecule has 4 nitrogen and oxygen atoms in total. The van der Waals surface area contributed by atoms with E-state index in [0.717, 1.165) is 18.9 Å². The summed E-state index contributed by atoms with van der Waals surface area (Å²) in [6.07, 6.45) is -2.66. The zero-order valence-electron chi connectivity index (χ0n) is 15.5. The van der Waals surface area contributed by atoms with Crippen LogP contribution in [0.4, 0.5) is 18.9 Å². The van der Waals surface area contributed by atoms with E-state index in [4.69, 9.17) is 4.74 Å². The number of methoxy groups -OCH3 is 1. The summed E-state index contributed by atoms with van der Waals surface area (Å²) in [5, 5.41) is 3.30. The lowest BCUT2D eigenvalue weighted by atomic mass is 9.98. The van der Waals surface area contributed by atoms with Gasteiger partial charge in [-0.25, -0.2) is 0 Å². The number of fused-ring (bicyclic) bond motifs is 1. The van der Waals surface area contributed by atoms with Gasteiger partial charge in [-0.3, -0.25) is 4.79 Å². The Balaban J connectivity index is 1.66. The second-order valence-corrected chi connectivity index (χ2v) is 7.46. The molecular weight excluding hydrogens is 369 g/mol. The Labute approximate surface area is 161 Å². The molecule has 1 aliphatic heterocycles. The third-order valence-corrected chi connectivity index (χ3v) is 5.42. The normalized spacial score (nSPS) is 17.7. The largest absolute Gasteiger partial charge is 0.416 e. The molecule has 2 aromatic carbocycles. The highest BCUT2D eigenvalue weighted by Gasteiger charge is 2.43. The molecule has 0 radical (unpaired) electrons. The van der Waals surface area contributed by atoms with Crippen LogP contribution < -0.4 is 10.2 Å². The highest BCUT2D eigenvalue weighted by atomic mass is 19.4. The van der Waals surface area contributed by atoms with Crippen LogP contribution >= 0.6 is 0 Å². The predicted octanol–water partition coefficient (Wildman–Crippen LogP) is 4.13. The summed E-state index contributed by atoms with van der Waals surface area (Å²) in [5.41, 5.74) is 0.331. The monoisotopic (exact) mass is 390 g/mol. The molecule has 0 saturated heterocycles. The van der Waals surface area contributed by atoms with Gasteiger partial charge in [0, 0.05) is 30.4 Å². The standard InChI is InChI=1S/C21H21F3N2O2/c1-28-13-20(7-8-20)25-11-14-9-16-17(18(10-14)21(22,23)24)12-26(19(16)27)15-5-3-2-4-6-15/h2-6,9-10,25H,7-8,11-13H2,1H3. The first-order chi connectivity index (χ1) is 13.3. The van der Waals surface area contributed by atoms with Crippen molar-refractivity contribution in [2.24, 2.45) is 0 Å². The van der Waals surface area contributed by atoms with Crippen LogP contribution in [-0.2, 0) is 24.0 Å². The number of ether oxygens (including phenoxy) is 1. The summed E-state index contributed by atoms with van der Waals surface area (Å²) in [7, 11) is 1.61. The number of rotatable bonds is 6. The number of carbonyl (C=O) groups is 1. The van der Waals surface area contributed by atoms with Crippen LogP contribution in [0.1, 0.15) is 39.9 Å². The lowest BCUT2D eigenvalue weighted by molar-refractivity contribution is -0.138. The topological polar surface area (TPSA) is 41.6 Å². The molecule has 2 aromatic rings. The molecule has 4 rings (SSSR count). The van der Waals surface area contributed by atoms with Crippen molar-refractivity contribution in [3.8, 4) is 0 Å². The van der Waals surface area contributed by atoms with Gasteiger partial charge in [0.05, 0.1) is 18.7 Å². The van der Waals surface area contributed by atoms with E-state index in [1.54, 1.807) is 43.5 Å². The van der Waals surface area contributed by atoms with Gasteiger partial charge >= 0.3 is 6.18 Å². The van der Waals surface area contributed by atoms with E-state index in [0.29, 0.717) is 17.9 Å². The Bertz CT molecular complexity index is 893. The summed E-state index contributed by atoms with van der Waals surface area (Å²) in [5.74, 6) is -0.397. The van der Waals surface area contributed by atoms with Crippen LogP contribution in [0.15, 0.2) is 42.5 Å². The molecule has 1 fully saturated rings. The van der Waals surface area contributed by atoms with Crippen molar-refractivity contribution in [3.63, 3.8) is 0 Å². The van der Waals surface area contributed by atoms with Gasteiger partial charge in [-0.2, -0.15) is 13.2 Å². The minimum absolute atomic E-state index is 0.0446. The van der Waals surface area contributed by atoms with Crippen LogP contribution in [0.5, 0.6) is 0 Å². The smallest absolute Gasteiger partial charge is 0.383 e. The first-order valence-corrected chi connectivity index (χ1v) is 9.17. The number of benzene rings is 2. The van der Waals surface area contributed by atoms with Gasteiger partial charge in [0.15, 0.2) is 0 Å². The molecular formula is C21H21F3N2O2. The molecule has 1 amide bonds. The molecule has 0 spiro atoms. The van der Waals surface area contributed by atoms with E-state index < -0.39 is 17.6 Å². The minimum atomic E-state index is -4.52. The number of hydrogen-bond donors (Lipinski definition) is 1. The first kappa shape index (κ1) is 19.0. The number of nitrogens with zero attached hydrogens (tertiary/aromatic N) is 1. The molecule has 1 saturated carbocycles. The van der Waals surface area contributed by atoms with Crippen molar-refractivity contribution in [2.45, 2.75) is 37.6 Å². The molecule has 0 bridgehead atoms. The molecule has 0 atom stereocenters. The van der Waals surface area contributed by atoms with Gasteiger partial charge in [-0.15, -0.1) is 0 Å². The molecule has 1 N–H and O–H groups in total. The lowest BCUT2D eigenvalue weighted by Gasteiger charge is -2.18. The van der Waals surface area contributed by atoms with Crippen LogP contribution in [-0.4, -0.2) is 25.2 Å². The van der Waals surface area contributed by atoms with Crippen molar-refractivity contribution in [2.75, 3.05) is 18.6 Å². The summed E-state index contributed by atoms with van der Waals surface area (Å²) in [4.78, 5) is 14.3. The Hall–Kier alpha value is -2.38. The molecule has 0 unspecified atom stereocenters. The van der Waals surface area contributed by atoms with Crippen LogP contribution in [0.2, 0.25) is 0 Å². The van der Waals surface area contributed by atoms with Crippen LogP contribution in [0.3, 0.4) is 0 Å². The quantitative estimate of drug-likeness (QED) is 0.806. The maximum absolute atomic E-state index is 13.7. The number of amides is 1. The summed E-state index contributed by atoms with van der Waals surface area (Å²) in [6, 6.07) is 11.5. The second kappa shape index (κ2) is 6.90. The van der Waals surface area contributed by atoms with E-state index in [-0.39, 0.29) is 29.8 Å². The van der Waals surface area contributed by atoms with Crippen LogP contribution in [0.25, 0.3) is 0 Å². The summed E-state index contributed by atoms with van der Waals surface area (Å²) in [6.45, 7) is 0.706. The van der Waals surface area contributed by atoms with E-state index in [1.165, 1.54) is 4.90 Å². The zero-order valence-corrected chi connectivity index (χ0v) is 15.5. The maximum Gasteiger partial charge on any atom is 0.416 e. The van der Waals surface area contributed by atoms with Crippen molar-refractivity contribution < 1.29 is 22.7 Å². The fraction of sp³-hybridized carbons (Fsp3) is 0.381. The van der Waals surface area contributed by atoms with E-state index in [2.05, 4.69) is 5.32 Å². The number of halogens is 3.